The zero-order chi connectivity index (χ0) is 9.97. The Balaban J connectivity index is 2.35. The van der Waals surface area contributed by atoms with Gasteiger partial charge in [0.15, 0.2) is 0 Å². The summed E-state index contributed by atoms with van der Waals surface area (Å²) in [6.07, 6.45) is 9.33. The highest BCUT2D eigenvalue weighted by molar-refractivity contribution is 5.41. The average molecular weight is 186 g/mol. The largest absolute Gasteiger partial charge is 0.508 e. The third kappa shape index (κ3) is 1.72. The third-order valence-electron chi connectivity index (χ3n) is 2.56. The highest BCUT2D eigenvalue weighted by Gasteiger charge is 2.12. The molecule has 0 heterocycles. The first-order chi connectivity index (χ1) is 6.77. The van der Waals surface area contributed by atoms with Crippen LogP contribution in [0.15, 0.2) is 42.5 Å². The fourth-order valence-corrected chi connectivity index (χ4v) is 1.78. The van der Waals surface area contributed by atoms with E-state index in [-0.39, 0.29) is 0 Å². The molecule has 1 unspecified atom stereocenters. The smallest absolute Gasteiger partial charge is 0.119 e. The lowest BCUT2D eigenvalue weighted by molar-refractivity contribution is 0.465. The van der Waals surface area contributed by atoms with Crippen molar-refractivity contribution in [2.75, 3.05) is 0 Å². The van der Waals surface area contributed by atoms with Crippen LogP contribution in [0, 0.1) is 6.92 Å². The van der Waals surface area contributed by atoms with Crippen molar-refractivity contribution in [1.82, 2.24) is 0 Å². The van der Waals surface area contributed by atoms with Crippen LogP contribution in [0.2, 0.25) is 0 Å². The number of rotatable bonds is 1. The summed E-state index contributed by atoms with van der Waals surface area (Å²) in [5, 5.41) is 9.73. The molecule has 0 radical (unpaired) electrons. The first kappa shape index (κ1) is 9.07. The van der Waals surface area contributed by atoms with Gasteiger partial charge in [0.1, 0.15) is 5.75 Å². The molecule has 1 aliphatic rings. The minimum Gasteiger partial charge on any atom is -0.508 e. The van der Waals surface area contributed by atoms with Gasteiger partial charge in [0, 0.05) is 11.5 Å². The van der Waals surface area contributed by atoms with Crippen LogP contribution >= 0.6 is 0 Å². The van der Waals surface area contributed by atoms with E-state index < -0.39 is 0 Å². The van der Waals surface area contributed by atoms with Gasteiger partial charge in [-0.25, -0.2) is 0 Å². The SMILES string of the molecule is Cc1ccc(O)c(C2C=CC=CC2)c1. The van der Waals surface area contributed by atoms with E-state index in [0.29, 0.717) is 11.7 Å². The minimum atomic E-state index is 0.333. The van der Waals surface area contributed by atoms with E-state index in [0.717, 1.165) is 12.0 Å². The fraction of sp³-hybridized carbons (Fsp3) is 0.231. The Morgan fingerprint density at radius 3 is 2.86 bits per heavy atom. The van der Waals surface area contributed by atoms with Gasteiger partial charge in [0.2, 0.25) is 0 Å². The van der Waals surface area contributed by atoms with E-state index in [1.165, 1.54) is 5.56 Å². The Morgan fingerprint density at radius 1 is 1.29 bits per heavy atom. The van der Waals surface area contributed by atoms with Gasteiger partial charge in [-0.2, -0.15) is 0 Å². The highest BCUT2D eigenvalue weighted by atomic mass is 16.3. The summed E-state index contributed by atoms with van der Waals surface area (Å²) in [7, 11) is 0. The number of aryl methyl sites for hydroxylation is 1. The summed E-state index contributed by atoms with van der Waals surface area (Å²) < 4.78 is 0. The van der Waals surface area contributed by atoms with E-state index in [2.05, 4.69) is 18.2 Å². The van der Waals surface area contributed by atoms with Gasteiger partial charge in [-0.05, 0) is 19.4 Å². The molecule has 1 aliphatic carbocycles. The Labute approximate surface area is 84.4 Å². The Hall–Kier alpha value is -1.50. The molecule has 1 aromatic rings. The normalized spacial score (nSPS) is 19.9. The summed E-state index contributed by atoms with van der Waals surface area (Å²) in [5.74, 6) is 0.737. The van der Waals surface area contributed by atoms with Crippen molar-refractivity contribution in [2.45, 2.75) is 19.3 Å². The van der Waals surface area contributed by atoms with Crippen LogP contribution < -0.4 is 0 Å². The van der Waals surface area contributed by atoms with E-state index in [9.17, 15) is 5.11 Å². The molecular formula is C13H14O. The Bertz CT molecular complexity index is 388. The van der Waals surface area contributed by atoms with Crippen molar-refractivity contribution < 1.29 is 5.11 Å². The monoisotopic (exact) mass is 186 g/mol. The molecule has 0 fully saturated rings. The van der Waals surface area contributed by atoms with Gasteiger partial charge in [-0.1, -0.05) is 42.0 Å². The standard InChI is InChI=1S/C13H14O/c1-10-7-8-13(14)12(9-10)11-5-3-2-4-6-11/h2-5,7-9,11,14H,6H2,1H3. The molecule has 72 valence electrons. The minimum absolute atomic E-state index is 0.333. The number of aromatic hydroxyl groups is 1. The zero-order valence-corrected chi connectivity index (χ0v) is 8.27. The first-order valence-corrected chi connectivity index (χ1v) is 4.90. The molecule has 0 amide bonds. The lowest BCUT2D eigenvalue weighted by Gasteiger charge is -2.15. The molecule has 14 heavy (non-hydrogen) atoms. The molecule has 1 heteroatoms. The molecule has 0 spiro atoms. The van der Waals surface area contributed by atoms with E-state index in [1.807, 2.05) is 25.1 Å². The summed E-state index contributed by atoms with van der Waals surface area (Å²) >= 11 is 0. The van der Waals surface area contributed by atoms with Crippen molar-refractivity contribution >= 4 is 0 Å². The molecule has 0 saturated carbocycles. The molecule has 0 aliphatic heterocycles. The number of allylic oxidation sites excluding steroid dienone is 4. The van der Waals surface area contributed by atoms with Crippen LogP contribution in [-0.2, 0) is 0 Å². The quantitative estimate of drug-likeness (QED) is 0.713. The maximum Gasteiger partial charge on any atom is 0.119 e. The highest BCUT2D eigenvalue weighted by Crippen LogP contribution is 2.31. The maximum absolute atomic E-state index is 9.73. The van der Waals surface area contributed by atoms with Crippen molar-refractivity contribution in [2.24, 2.45) is 0 Å². The van der Waals surface area contributed by atoms with Crippen molar-refractivity contribution in [3.05, 3.63) is 53.6 Å². The molecule has 2 rings (SSSR count). The molecule has 0 bridgehead atoms. The van der Waals surface area contributed by atoms with Crippen LogP contribution in [0.1, 0.15) is 23.5 Å². The van der Waals surface area contributed by atoms with Crippen LogP contribution in [0.5, 0.6) is 5.75 Å². The lowest BCUT2D eigenvalue weighted by Crippen LogP contribution is -1.97. The van der Waals surface area contributed by atoms with Gasteiger partial charge in [0.25, 0.3) is 0 Å². The van der Waals surface area contributed by atoms with Gasteiger partial charge < -0.3 is 5.11 Å². The van der Waals surface area contributed by atoms with Crippen LogP contribution in [0.4, 0.5) is 0 Å². The summed E-state index contributed by atoms with van der Waals surface area (Å²) in [6.45, 7) is 2.05. The van der Waals surface area contributed by atoms with Crippen molar-refractivity contribution in [1.29, 1.82) is 0 Å². The number of benzene rings is 1. The second-order valence-corrected chi connectivity index (χ2v) is 3.72. The number of hydrogen-bond donors (Lipinski definition) is 1. The topological polar surface area (TPSA) is 20.2 Å². The number of phenolic OH excluding ortho intramolecular Hbond substituents is 1. The average Bonchev–Trinajstić information content (AvgIpc) is 2.23. The van der Waals surface area contributed by atoms with E-state index >= 15 is 0 Å². The molecule has 1 atom stereocenters. The first-order valence-electron chi connectivity index (χ1n) is 4.90. The second-order valence-electron chi connectivity index (χ2n) is 3.72. The third-order valence-corrected chi connectivity index (χ3v) is 2.56. The van der Waals surface area contributed by atoms with Crippen molar-refractivity contribution in [3.8, 4) is 5.75 Å². The Kier molecular flexibility index (Phi) is 2.40. The zero-order valence-electron chi connectivity index (χ0n) is 8.27. The summed E-state index contributed by atoms with van der Waals surface area (Å²) in [6, 6.07) is 5.77. The molecule has 0 saturated heterocycles. The van der Waals surface area contributed by atoms with Crippen LogP contribution in [0.25, 0.3) is 0 Å². The summed E-state index contributed by atoms with van der Waals surface area (Å²) in [4.78, 5) is 0. The molecule has 1 nitrogen and oxygen atoms in total. The predicted octanol–water partition coefficient (Wildman–Crippen LogP) is 3.30. The van der Waals surface area contributed by atoms with Crippen LogP contribution in [0.3, 0.4) is 0 Å². The molecule has 1 N–H and O–H groups in total. The fourth-order valence-electron chi connectivity index (χ4n) is 1.78. The predicted molar refractivity (Wildman–Crippen MR) is 58.5 cm³/mol. The number of hydrogen-bond acceptors (Lipinski definition) is 1. The van der Waals surface area contributed by atoms with Crippen molar-refractivity contribution in [3.63, 3.8) is 0 Å². The van der Waals surface area contributed by atoms with Gasteiger partial charge in [-0.3, -0.25) is 0 Å². The van der Waals surface area contributed by atoms with Gasteiger partial charge in [0.05, 0.1) is 0 Å². The molecule has 0 aromatic heterocycles. The second kappa shape index (κ2) is 3.70. The number of phenols is 1. The summed E-state index contributed by atoms with van der Waals surface area (Å²) in [5.41, 5.74) is 2.23. The van der Waals surface area contributed by atoms with E-state index in [1.54, 1.807) is 6.07 Å². The van der Waals surface area contributed by atoms with Crippen LogP contribution in [-0.4, -0.2) is 5.11 Å². The van der Waals surface area contributed by atoms with Gasteiger partial charge in [-0.15, -0.1) is 0 Å². The molecule has 1 aromatic carbocycles. The lowest BCUT2D eigenvalue weighted by atomic mass is 9.91. The maximum atomic E-state index is 9.73. The molecular weight excluding hydrogens is 172 g/mol. The van der Waals surface area contributed by atoms with E-state index in [4.69, 9.17) is 0 Å². The van der Waals surface area contributed by atoms with Gasteiger partial charge >= 0.3 is 0 Å². The Morgan fingerprint density at radius 2 is 2.14 bits per heavy atom.